The van der Waals surface area contributed by atoms with Crippen LogP contribution in [0.25, 0.3) is 0 Å². The third-order valence-electron chi connectivity index (χ3n) is 2.79. The van der Waals surface area contributed by atoms with Crippen LogP contribution in [0.3, 0.4) is 0 Å². The van der Waals surface area contributed by atoms with Crippen LogP contribution in [-0.2, 0) is 16.0 Å². The molecule has 0 spiro atoms. The minimum absolute atomic E-state index is 0.195. The molecule has 0 fully saturated rings. The normalized spacial score (nSPS) is 13.6. The first kappa shape index (κ1) is 15.9. The fraction of sp³-hybridized carbons (Fsp3) is 0.385. The van der Waals surface area contributed by atoms with Crippen LogP contribution in [-0.4, -0.2) is 40.4 Å². The van der Waals surface area contributed by atoms with Gasteiger partial charge in [-0.3, -0.25) is 9.59 Å². The number of primary amides is 1. The number of hydrogen-bond acceptors (Lipinski definition) is 5. The number of aliphatic hydroxyl groups is 2. The number of carboxylic acids is 1. The lowest BCUT2D eigenvalue weighted by molar-refractivity contribution is -0.136. The van der Waals surface area contributed by atoms with Crippen molar-refractivity contribution in [3.05, 3.63) is 29.3 Å². The van der Waals surface area contributed by atoms with Crippen LogP contribution in [0.15, 0.2) is 18.2 Å². The van der Waals surface area contributed by atoms with Gasteiger partial charge < -0.3 is 25.8 Å². The monoisotopic (exact) mass is 283 g/mol. The molecule has 0 heterocycles. The molecular formula is C13H17NO6. The number of nitrogens with two attached hydrogens (primary N) is 1. The largest absolute Gasteiger partial charge is 0.497 e. The Labute approximate surface area is 115 Å². The van der Waals surface area contributed by atoms with Gasteiger partial charge in [-0.25, -0.2) is 0 Å². The second-order valence-electron chi connectivity index (χ2n) is 4.32. The fourth-order valence-corrected chi connectivity index (χ4v) is 1.82. The lowest BCUT2D eigenvalue weighted by Crippen LogP contribution is -2.26. The number of aliphatic hydroxyl groups excluding tert-OH is 2. The number of ether oxygens (including phenoxy) is 1. The van der Waals surface area contributed by atoms with Crippen molar-refractivity contribution >= 4 is 11.9 Å². The summed E-state index contributed by atoms with van der Waals surface area (Å²) in [5.41, 5.74) is 5.48. The summed E-state index contributed by atoms with van der Waals surface area (Å²) in [5, 5.41) is 28.6. The maximum atomic E-state index is 10.8. The molecule has 0 bridgehead atoms. The van der Waals surface area contributed by atoms with Crippen molar-refractivity contribution in [1.82, 2.24) is 0 Å². The highest BCUT2D eigenvalue weighted by atomic mass is 16.5. The molecule has 7 heteroatoms. The van der Waals surface area contributed by atoms with Crippen LogP contribution >= 0.6 is 0 Å². The van der Waals surface area contributed by atoms with E-state index < -0.39 is 30.5 Å². The Kier molecular flexibility index (Phi) is 5.48. The summed E-state index contributed by atoms with van der Waals surface area (Å²) in [7, 11) is 1.42. The minimum atomic E-state index is -1.42. The highest BCUT2D eigenvalue weighted by molar-refractivity contribution is 5.74. The van der Waals surface area contributed by atoms with Gasteiger partial charge in [0, 0.05) is 0 Å². The van der Waals surface area contributed by atoms with Crippen molar-refractivity contribution < 1.29 is 29.6 Å². The molecule has 0 aliphatic carbocycles. The number of hydrogen-bond donors (Lipinski definition) is 4. The van der Waals surface area contributed by atoms with E-state index in [-0.39, 0.29) is 12.0 Å². The molecule has 0 aromatic heterocycles. The molecule has 1 aromatic carbocycles. The van der Waals surface area contributed by atoms with Crippen molar-refractivity contribution in [2.75, 3.05) is 7.11 Å². The molecule has 1 aromatic rings. The number of methoxy groups -OCH3 is 1. The Morgan fingerprint density at radius 3 is 2.50 bits per heavy atom. The fourth-order valence-electron chi connectivity index (χ4n) is 1.82. The summed E-state index contributed by atoms with van der Waals surface area (Å²) < 4.78 is 4.99. The van der Waals surface area contributed by atoms with Crippen molar-refractivity contribution in [3.63, 3.8) is 0 Å². The van der Waals surface area contributed by atoms with Gasteiger partial charge in [-0.2, -0.15) is 0 Å². The first-order valence-electron chi connectivity index (χ1n) is 5.88. The second kappa shape index (κ2) is 6.88. The number of aliphatic carboxylic acids is 1. The highest BCUT2D eigenvalue weighted by Crippen LogP contribution is 2.27. The molecular weight excluding hydrogens is 266 g/mol. The summed E-state index contributed by atoms with van der Waals surface area (Å²) in [6.45, 7) is 0. The van der Waals surface area contributed by atoms with E-state index in [1.807, 2.05) is 0 Å². The smallest absolute Gasteiger partial charge is 0.307 e. The van der Waals surface area contributed by atoms with E-state index >= 15 is 0 Å². The van der Waals surface area contributed by atoms with Gasteiger partial charge in [0.15, 0.2) is 0 Å². The first-order valence-corrected chi connectivity index (χ1v) is 5.88. The van der Waals surface area contributed by atoms with Gasteiger partial charge in [0.1, 0.15) is 11.9 Å². The summed E-state index contributed by atoms with van der Waals surface area (Å²) in [6.07, 6.45) is -3.58. The standard InChI is InChI=1S/C13H17NO6/c1-20-8-3-2-7(4-12(17)18)9(5-8)13(19)10(15)6-11(14)16/h2-3,5,10,13,15,19H,4,6H2,1H3,(H2,14,16)(H,17,18). The van der Waals surface area contributed by atoms with E-state index in [1.54, 1.807) is 6.07 Å². The number of carbonyl (C=O) groups excluding carboxylic acids is 1. The zero-order chi connectivity index (χ0) is 15.3. The molecule has 0 radical (unpaired) electrons. The van der Waals surface area contributed by atoms with Crippen LogP contribution in [0, 0.1) is 0 Å². The van der Waals surface area contributed by atoms with Crippen LogP contribution in [0.4, 0.5) is 0 Å². The van der Waals surface area contributed by atoms with E-state index in [2.05, 4.69) is 0 Å². The van der Waals surface area contributed by atoms with E-state index in [0.29, 0.717) is 11.3 Å². The lowest BCUT2D eigenvalue weighted by atomic mass is 9.95. The van der Waals surface area contributed by atoms with E-state index in [4.69, 9.17) is 15.6 Å². The van der Waals surface area contributed by atoms with Gasteiger partial charge in [0.05, 0.1) is 26.1 Å². The van der Waals surface area contributed by atoms with Gasteiger partial charge in [-0.1, -0.05) is 6.07 Å². The third-order valence-corrected chi connectivity index (χ3v) is 2.79. The molecule has 1 rings (SSSR count). The predicted molar refractivity (Wildman–Crippen MR) is 69.1 cm³/mol. The lowest BCUT2D eigenvalue weighted by Gasteiger charge is -2.20. The summed E-state index contributed by atoms with van der Waals surface area (Å²) in [5.74, 6) is -1.44. The van der Waals surface area contributed by atoms with E-state index in [0.717, 1.165) is 0 Å². The zero-order valence-electron chi connectivity index (χ0n) is 10.9. The van der Waals surface area contributed by atoms with Crippen molar-refractivity contribution in [2.45, 2.75) is 25.0 Å². The van der Waals surface area contributed by atoms with Crippen LogP contribution < -0.4 is 10.5 Å². The summed E-state index contributed by atoms with van der Waals surface area (Å²) >= 11 is 0. The number of rotatable bonds is 7. The van der Waals surface area contributed by atoms with Crippen LogP contribution in [0.2, 0.25) is 0 Å². The minimum Gasteiger partial charge on any atom is -0.497 e. The SMILES string of the molecule is COc1ccc(CC(=O)O)c(C(O)C(O)CC(N)=O)c1. The summed E-state index contributed by atoms with van der Waals surface area (Å²) in [4.78, 5) is 21.6. The average molecular weight is 283 g/mol. The van der Waals surface area contributed by atoms with Crippen molar-refractivity contribution in [3.8, 4) is 5.75 Å². The molecule has 0 saturated carbocycles. The van der Waals surface area contributed by atoms with Gasteiger partial charge in [-0.05, 0) is 23.3 Å². The number of carbonyl (C=O) groups is 2. The summed E-state index contributed by atoms with van der Waals surface area (Å²) in [6, 6.07) is 4.46. The molecule has 0 saturated heterocycles. The quantitative estimate of drug-likeness (QED) is 0.538. The van der Waals surface area contributed by atoms with Gasteiger partial charge in [0.2, 0.25) is 5.91 Å². The maximum absolute atomic E-state index is 10.8. The molecule has 110 valence electrons. The van der Waals surface area contributed by atoms with Crippen molar-refractivity contribution in [1.29, 1.82) is 0 Å². The highest BCUT2D eigenvalue weighted by Gasteiger charge is 2.24. The second-order valence-corrected chi connectivity index (χ2v) is 4.32. The maximum Gasteiger partial charge on any atom is 0.307 e. The van der Waals surface area contributed by atoms with Gasteiger partial charge in [-0.15, -0.1) is 0 Å². The Bertz CT molecular complexity index is 502. The predicted octanol–water partition coefficient (Wildman–Crippen LogP) is -0.408. The van der Waals surface area contributed by atoms with E-state index in [1.165, 1.54) is 19.2 Å². The molecule has 2 unspecified atom stereocenters. The molecule has 5 N–H and O–H groups in total. The average Bonchev–Trinajstić information content (AvgIpc) is 2.37. The molecule has 20 heavy (non-hydrogen) atoms. The van der Waals surface area contributed by atoms with E-state index in [9.17, 15) is 19.8 Å². The molecule has 0 aliphatic heterocycles. The number of amides is 1. The molecule has 7 nitrogen and oxygen atoms in total. The van der Waals surface area contributed by atoms with Gasteiger partial charge >= 0.3 is 5.97 Å². The Morgan fingerprint density at radius 1 is 1.35 bits per heavy atom. The van der Waals surface area contributed by atoms with Gasteiger partial charge in [0.25, 0.3) is 0 Å². The van der Waals surface area contributed by atoms with Crippen LogP contribution in [0.5, 0.6) is 5.75 Å². The third kappa shape index (κ3) is 4.22. The zero-order valence-corrected chi connectivity index (χ0v) is 10.9. The number of benzene rings is 1. The van der Waals surface area contributed by atoms with Crippen molar-refractivity contribution in [2.24, 2.45) is 5.73 Å². The molecule has 2 atom stereocenters. The first-order chi connectivity index (χ1) is 9.35. The topological polar surface area (TPSA) is 130 Å². The Balaban J connectivity index is 3.10. The van der Waals surface area contributed by atoms with Crippen LogP contribution in [0.1, 0.15) is 23.7 Å². The number of carboxylic acid groups (broad SMARTS) is 1. The molecule has 1 amide bonds. The Hall–Kier alpha value is -2.12. The Morgan fingerprint density at radius 2 is 2.00 bits per heavy atom. The molecule has 0 aliphatic rings.